The Morgan fingerprint density at radius 1 is 1.53 bits per heavy atom. The van der Waals surface area contributed by atoms with Gasteiger partial charge in [-0.3, -0.25) is 4.79 Å². The van der Waals surface area contributed by atoms with Gasteiger partial charge in [-0.05, 0) is 26.3 Å². The highest BCUT2D eigenvalue weighted by Gasteiger charge is 2.49. The van der Waals surface area contributed by atoms with E-state index in [1.54, 1.807) is 0 Å². The number of carbonyl (C=O) groups is 1. The van der Waals surface area contributed by atoms with Gasteiger partial charge in [0.1, 0.15) is 0 Å². The summed E-state index contributed by atoms with van der Waals surface area (Å²) in [5.41, 5.74) is 3.97. The second-order valence-electron chi connectivity index (χ2n) is 4.03. The van der Waals surface area contributed by atoms with E-state index in [0.717, 1.165) is 0 Å². The number of nitrogens with one attached hydrogen (secondary N) is 1. The predicted octanol–water partition coefficient (Wildman–Crippen LogP) is 1.18. The Hall–Kier alpha value is -0.780. The molecule has 0 radical (unpaired) electrons. The molecule has 2 unspecified atom stereocenters. The van der Waals surface area contributed by atoms with Crippen LogP contribution in [-0.2, 0) is 4.79 Å². The maximum Gasteiger partial charge on any atom is 0.391 e. The summed E-state index contributed by atoms with van der Waals surface area (Å²) in [6.07, 6.45) is -3.65. The number of rotatable bonds is 2. The summed E-state index contributed by atoms with van der Waals surface area (Å²) in [6, 6.07) is 0. The Balaban J connectivity index is 2.82. The van der Waals surface area contributed by atoms with Crippen LogP contribution in [0.1, 0.15) is 25.7 Å². The number of hydrogen-bond donors (Lipinski definition) is 2. The number of amides is 1. The lowest BCUT2D eigenvalue weighted by atomic mass is 9.75. The molecule has 0 spiro atoms. The van der Waals surface area contributed by atoms with Crippen molar-refractivity contribution in [2.45, 2.75) is 37.4 Å². The molecule has 6 heteroatoms. The summed E-state index contributed by atoms with van der Waals surface area (Å²) in [6.45, 7) is 0. The lowest BCUT2D eigenvalue weighted by Gasteiger charge is -2.38. The fourth-order valence-corrected chi connectivity index (χ4v) is 2.13. The van der Waals surface area contributed by atoms with E-state index in [2.05, 4.69) is 5.32 Å². The molecule has 0 bridgehead atoms. The molecule has 1 saturated carbocycles. The van der Waals surface area contributed by atoms with E-state index in [1.807, 2.05) is 0 Å². The maximum atomic E-state index is 12.5. The Morgan fingerprint density at radius 3 is 2.53 bits per heavy atom. The third kappa shape index (κ3) is 2.42. The first-order valence-electron chi connectivity index (χ1n) is 4.87. The molecule has 1 amide bonds. The Kier molecular flexibility index (Phi) is 3.28. The molecule has 3 N–H and O–H groups in total. The van der Waals surface area contributed by atoms with Crippen molar-refractivity contribution in [1.29, 1.82) is 0 Å². The molecule has 0 aromatic rings. The van der Waals surface area contributed by atoms with Gasteiger partial charge in [0.25, 0.3) is 0 Å². The van der Waals surface area contributed by atoms with E-state index in [-0.39, 0.29) is 12.8 Å². The van der Waals surface area contributed by atoms with Gasteiger partial charge in [0.15, 0.2) is 0 Å². The van der Waals surface area contributed by atoms with Gasteiger partial charge in [0, 0.05) is 0 Å². The first-order chi connectivity index (χ1) is 6.82. The van der Waals surface area contributed by atoms with Crippen molar-refractivity contribution in [3.8, 4) is 0 Å². The minimum absolute atomic E-state index is 0.0835. The van der Waals surface area contributed by atoms with Crippen molar-refractivity contribution in [1.82, 2.24) is 5.32 Å². The van der Waals surface area contributed by atoms with E-state index in [1.165, 1.54) is 7.05 Å². The van der Waals surface area contributed by atoms with Crippen LogP contribution in [0.5, 0.6) is 0 Å². The Bertz CT molecular complexity index is 254. The third-order valence-corrected chi connectivity index (χ3v) is 3.16. The summed E-state index contributed by atoms with van der Waals surface area (Å²) in [5, 5.41) is 2.64. The molecule has 1 aliphatic rings. The summed E-state index contributed by atoms with van der Waals surface area (Å²) in [5.74, 6) is -2.12. The quantitative estimate of drug-likeness (QED) is 0.740. The molecule has 1 fully saturated rings. The largest absolute Gasteiger partial charge is 0.391 e. The smallest absolute Gasteiger partial charge is 0.368 e. The van der Waals surface area contributed by atoms with Crippen molar-refractivity contribution in [3.63, 3.8) is 0 Å². The number of likely N-dealkylation sites (N-methyl/N-ethyl adjacent to an activating group) is 1. The third-order valence-electron chi connectivity index (χ3n) is 3.16. The minimum Gasteiger partial charge on any atom is -0.368 e. The summed E-state index contributed by atoms with van der Waals surface area (Å²) < 4.78 is 37.5. The summed E-state index contributed by atoms with van der Waals surface area (Å²) in [7, 11) is 1.48. The van der Waals surface area contributed by atoms with Crippen molar-refractivity contribution in [3.05, 3.63) is 0 Å². The number of carbonyl (C=O) groups excluding carboxylic acids is 1. The molecule has 1 aliphatic carbocycles. The molecule has 2 atom stereocenters. The van der Waals surface area contributed by atoms with Gasteiger partial charge in [-0.1, -0.05) is 6.42 Å². The van der Waals surface area contributed by atoms with Crippen LogP contribution < -0.4 is 11.1 Å². The highest BCUT2D eigenvalue weighted by atomic mass is 19.4. The average Bonchev–Trinajstić information content (AvgIpc) is 2.16. The SMILES string of the molecule is CNC1(C(N)=O)CCCC(C(F)(F)F)C1. The first-order valence-corrected chi connectivity index (χ1v) is 4.87. The van der Waals surface area contributed by atoms with Gasteiger partial charge in [0.2, 0.25) is 5.91 Å². The van der Waals surface area contributed by atoms with Crippen LogP contribution in [0.3, 0.4) is 0 Å². The molecule has 0 aliphatic heterocycles. The van der Waals surface area contributed by atoms with E-state index in [0.29, 0.717) is 12.8 Å². The number of halogens is 3. The van der Waals surface area contributed by atoms with E-state index < -0.39 is 23.5 Å². The van der Waals surface area contributed by atoms with Crippen molar-refractivity contribution < 1.29 is 18.0 Å². The molecule has 0 aromatic heterocycles. The molecule has 1 rings (SSSR count). The second-order valence-corrected chi connectivity index (χ2v) is 4.03. The van der Waals surface area contributed by atoms with Crippen molar-refractivity contribution >= 4 is 5.91 Å². The van der Waals surface area contributed by atoms with Crippen LogP contribution >= 0.6 is 0 Å². The number of primary amides is 1. The molecular formula is C9H15F3N2O. The lowest BCUT2D eigenvalue weighted by molar-refractivity contribution is -0.188. The Morgan fingerprint density at radius 2 is 2.13 bits per heavy atom. The van der Waals surface area contributed by atoms with Crippen molar-refractivity contribution in [2.24, 2.45) is 11.7 Å². The van der Waals surface area contributed by atoms with Crippen molar-refractivity contribution in [2.75, 3.05) is 7.05 Å². The van der Waals surface area contributed by atoms with Crippen LogP contribution in [0.4, 0.5) is 13.2 Å². The number of hydrogen-bond acceptors (Lipinski definition) is 2. The van der Waals surface area contributed by atoms with Gasteiger partial charge in [0.05, 0.1) is 11.5 Å². The molecule has 88 valence electrons. The van der Waals surface area contributed by atoms with E-state index in [9.17, 15) is 18.0 Å². The monoisotopic (exact) mass is 224 g/mol. The van der Waals surface area contributed by atoms with Crippen LogP contribution in [0, 0.1) is 5.92 Å². The molecule has 0 saturated heterocycles. The first kappa shape index (κ1) is 12.3. The lowest BCUT2D eigenvalue weighted by Crippen LogP contribution is -2.57. The van der Waals surface area contributed by atoms with E-state index >= 15 is 0 Å². The van der Waals surface area contributed by atoms with Gasteiger partial charge in [-0.15, -0.1) is 0 Å². The molecule has 15 heavy (non-hydrogen) atoms. The highest BCUT2D eigenvalue weighted by Crippen LogP contribution is 2.41. The topological polar surface area (TPSA) is 55.1 Å². The summed E-state index contributed by atoms with van der Waals surface area (Å²) in [4.78, 5) is 11.2. The fourth-order valence-electron chi connectivity index (χ4n) is 2.13. The van der Waals surface area contributed by atoms with Gasteiger partial charge in [-0.2, -0.15) is 13.2 Å². The summed E-state index contributed by atoms with van der Waals surface area (Å²) >= 11 is 0. The number of alkyl halides is 3. The van der Waals surface area contributed by atoms with Crippen LogP contribution in [0.15, 0.2) is 0 Å². The zero-order valence-corrected chi connectivity index (χ0v) is 8.53. The van der Waals surface area contributed by atoms with E-state index in [4.69, 9.17) is 5.73 Å². The minimum atomic E-state index is -4.24. The van der Waals surface area contributed by atoms with Crippen LogP contribution in [0.25, 0.3) is 0 Å². The average molecular weight is 224 g/mol. The van der Waals surface area contributed by atoms with Gasteiger partial charge in [-0.25, -0.2) is 0 Å². The normalized spacial score (nSPS) is 32.7. The van der Waals surface area contributed by atoms with Crippen LogP contribution in [0.2, 0.25) is 0 Å². The molecule has 0 heterocycles. The molecule has 0 aromatic carbocycles. The van der Waals surface area contributed by atoms with Gasteiger partial charge < -0.3 is 11.1 Å². The predicted molar refractivity (Wildman–Crippen MR) is 49.0 cm³/mol. The standard InChI is InChI=1S/C9H15F3N2O/c1-14-8(7(13)15)4-2-3-6(5-8)9(10,11)12/h6,14H,2-5H2,1H3,(H2,13,15). The highest BCUT2D eigenvalue weighted by molar-refractivity contribution is 5.84. The Labute approximate surface area is 86.2 Å². The second kappa shape index (κ2) is 4.00. The van der Waals surface area contributed by atoms with Crippen LogP contribution in [-0.4, -0.2) is 24.7 Å². The molecule has 3 nitrogen and oxygen atoms in total. The molecular weight excluding hydrogens is 209 g/mol. The number of nitrogens with two attached hydrogens (primary N) is 1. The van der Waals surface area contributed by atoms with Gasteiger partial charge >= 0.3 is 6.18 Å². The zero-order chi connectivity index (χ0) is 11.7. The maximum absolute atomic E-state index is 12.5. The zero-order valence-electron chi connectivity index (χ0n) is 8.53. The fraction of sp³-hybridized carbons (Fsp3) is 0.889.